The predicted octanol–water partition coefficient (Wildman–Crippen LogP) is 2.72. The van der Waals surface area contributed by atoms with Gasteiger partial charge >= 0.3 is 0 Å². The monoisotopic (exact) mass is 362 g/mol. The highest BCUT2D eigenvalue weighted by Crippen LogP contribution is 2.14. The zero-order valence-corrected chi connectivity index (χ0v) is 15.5. The van der Waals surface area contributed by atoms with Crippen molar-refractivity contribution >= 4 is 29.3 Å². The van der Waals surface area contributed by atoms with Gasteiger partial charge in [-0.05, 0) is 31.0 Å². The van der Waals surface area contributed by atoms with Gasteiger partial charge in [0.1, 0.15) is 6.10 Å². The van der Waals surface area contributed by atoms with Crippen molar-refractivity contribution in [2.24, 2.45) is 0 Å². The average Bonchev–Trinajstić information content (AvgIpc) is 2.64. The minimum Gasteiger partial charge on any atom is -0.368 e. The Bertz CT molecular complexity index is 583. The van der Waals surface area contributed by atoms with Crippen LogP contribution in [0.4, 0.5) is 5.69 Å². The minimum atomic E-state index is -0.516. The second-order valence-corrected chi connectivity index (χ2v) is 7.17. The number of benzene rings is 1. The van der Waals surface area contributed by atoms with Crippen LogP contribution in [-0.4, -0.2) is 54.0 Å². The molecule has 1 saturated heterocycles. The van der Waals surface area contributed by atoms with Crippen LogP contribution in [0, 0.1) is 0 Å². The number of ether oxygens (including phenoxy) is 1. The Morgan fingerprint density at radius 1 is 1.32 bits per heavy atom. The van der Waals surface area contributed by atoms with Crippen LogP contribution in [0.1, 0.15) is 18.9 Å². The van der Waals surface area contributed by atoms with Crippen molar-refractivity contribution in [2.75, 3.05) is 36.5 Å². The number of carbonyl (C=O) groups excluding carboxylic acids is 2. The summed E-state index contributed by atoms with van der Waals surface area (Å²) in [5, 5.41) is 2.82. The number of hydrogen-bond acceptors (Lipinski definition) is 4. The van der Waals surface area contributed by atoms with Crippen LogP contribution >= 0.6 is 11.8 Å². The van der Waals surface area contributed by atoms with E-state index in [0.29, 0.717) is 18.7 Å². The molecule has 1 aliphatic rings. The van der Waals surface area contributed by atoms with Crippen molar-refractivity contribution in [1.29, 1.82) is 0 Å². The molecule has 0 bridgehead atoms. The van der Waals surface area contributed by atoms with Gasteiger partial charge in [-0.2, -0.15) is 11.8 Å². The van der Waals surface area contributed by atoms with E-state index in [1.807, 2.05) is 40.9 Å². The van der Waals surface area contributed by atoms with Gasteiger partial charge in [0, 0.05) is 30.3 Å². The van der Waals surface area contributed by atoms with Gasteiger partial charge in [-0.1, -0.05) is 18.2 Å². The van der Waals surface area contributed by atoms with Crippen LogP contribution in [0.5, 0.6) is 0 Å². The maximum Gasteiger partial charge on any atom is 0.253 e. The molecule has 6 heteroatoms. The Labute approximate surface area is 153 Å². The van der Waals surface area contributed by atoms with Crippen molar-refractivity contribution in [2.45, 2.75) is 25.9 Å². The predicted molar refractivity (Wildman–Crippen MR) is 103 cm³/mol. The highest BCUT2D eigenvalue weighted by atomic mass is 32.2. The zero-order chi connectivity index (χ0) is 18.1. The molecule has 2 rings (SSSR count). The Morgan fingerprint density at radius 3 is 2.64 bits per heavy atom. The normalized spacial score (nSPS) is 15.5. The third-order valence-electron chi connectivity index (χ3n) is 4.00. The number of amides is 2. The zero-order valence-electron chi connectivity index (χ0n) is 14.7. The summed E-state index contributed by atoms with van der Waals surface area (Å²) in [6, 6.07) is 7.41. The molecule has 136 valence electrons. The number of nitrogens with one attached hydrogen (secondary N) is 1. The van der Waals surface area contributed by atoms with Crippen molar-refractivity contribution in [3.63, 3.8) is 0 Å². The van der Waals surface area contributed by atoms with E-state index in [4.69, 9.17) is 4.74 Å². The summed E-state index contributed by atoms with van der Waals surface area (Å²) in [5.41, 5.74) is 1.66. The van der Waals surface area contributed by atoms with Gasteiger partial charge in [0.2, 0.25) is 5.91 Å². The molecular formula is C19H26N2O3S. The topological polar surface area (TPSA) is 58.6 Å². The van der Waals surface area contributed by atoms with E-state index >= 15 is 0 Å². The Hall–Kier alpha value is -1.79. The molecule has 1 N–H and O–H groups in total. The quantitative estimate of drug-likeness (QED) is 0.571. The highest BCUT2D eigenvalue weighted by molar-refractivity contribution is 7.99. The molecule has 1 atom stereocenters. The molecule has 0 radical (unpaired) electrons. The van der Waals surface area contributed by atoms with Crippen LogP contribution < -0.4 is 5.32 Å². The Kier molecular flexibility index (Phi) is 8.01. The van der Waals surface area contributed by atoms with Crippen molar-refractivity contribution in [3.05, 3.63) is 42.5 Å². The first kappa shape index (κ1) is 19.5. The van der Waals surface area contributed by atoms with Crippen molar-refractivity contribution in [1.82, 2.24) is 4.90 Å². The standard InChI is InChI=1S/C19H26N2O3S/c1-3-4-11-24-15(2)19(23)20-17-7-5-16(6-8-17)14-18(22)21-9-12-25-13-10-21/h3,5-8,15H,1,4,9-14H2,2H3,(H,20,23)/t15-/m0/s1. The van der Waals surface area contributed by atoms with Gasteiger partial charge in [0.25, 0.3) is 5.91 Å². The van der Waals surface area contributed by atoms with Crippen molar-refractivity contribution in [3.8, 4) is 0 Å². The second kappa shape index (κ2) is 10.3. The highest BCUT2D eigenvalue weighted by Gasteiger charge is 2.17. The fourth-order valence-electron chi connectivity index (χ4n) is 2.45. The van der Waals surface area contributed by atoms with E-state index in [-0.39, 0.29) is 11.8 Å². The lowest BCUT2D eigenvalue weighted by Gasteiger charge is -2.26. The summed E-state index contributed by atoms with van der Waals surface area (Å²) in [6.07, 6.45) is 2.36. The summed E-state index contributed by atoms with van der Waals surface area (Å²) in [4.78, 5) is 26.2. The first-order chi connectivity index (χ1) is 12.1. The van der Waals surface area contributed by atoms with Gasteiger partial charge in [0.15, 0.2) is 0 Å². The Morgan fingerprint density at radius 2 is 2.00 bits per heavy atom. The summed E-state index contributed by atoms with van der Waals surface area (Å²) in [5.74, 6) is 2.02. The molecule has 5 nitrogen and oxygen atoms in total. The first-order valence-electron chi connectivity index (χ1n) is 8.58. The largest absolute Gasteiger partial charge is 0.368 e. The van der Waals surface area contributed by atoms with Crippen LogP contribution in [0.25, 0.3) is 0 Å². The van der Waals surface area contributed by atoms with Gasteiger partial charge in [-0.25, -0.2) is 0 Å². The maximum atomic E-state index is 12.3. The minimum absolute atomic E-state index is 0.168. The molecule has 1 aliphatic heterocycles. The van der Waals surface area contributed by atoms with E-state index in [9.17, 15) is 9.59 Å². The second-order valence-electron chi connectivity index (χ2n) is 5.95. The summed E-state index contributed by atoms with van der Waals surface area (Å²) >= 11 is 1.89. The molecule has 0 saturated carbocycles. The number of carbonyl (C=O) groups is 2. The van der Waals surface area contributed by atoms with Crippen LogP contribution in [-0.2, 0) is 20.7 Å². The molecular weight excluding hydrogens is 336 g/mol. The third-order valence-corrected chi connectivity index (χ3v) is 4.94. The lowest BCUT2D eigenvalue weighted by Crippen LogP contribution is -2.38. The lowest BCUT2D eigenvalue weighted by atomic mass is 10.1. The molecule has 0 spiro atoms. The van der Waals surface area contributed by atoms with Crippen molar-refractivity contribution < 1.29 is 14.3 Å². The SMILES string of the molecule is C=CCCO[C@@H](C)C(=O)Nc1ccc(CC(=O)N2CCSCC2)cc1. The van der Waals surface area contributed by atoms with Crippen LogP contribution in [0.15, 0.2) is 36.9 Å². The average molecular weight is 362 g/mol. The molecule has 0 aliphatic carbocycles. The summed E-state index contributed by atoms with van der Waals surface area (Å²) < 4.78 is 5.42. The molecule has 25 heavy (non-hydrogen) atoms. The number of rotatable bonds is 8. The number of thioether (sulfide) groups is 1. The Balaban J connectivity index is 1.81. The molecule has 1 aromatic rings. The lowest BCUT2D eigenvalue weighted by molar-refractivity contribution is -0.130. The maximum absolute atomic E-state index is 12.3. The van der Waals surface area contributed by atoms with Gasteiger partial charge < -0.3 is 15.0 Å². The summed E-state index contributed by atoms with van der Waals surface area (Å²) in [7, 11) is 0. The molecule has 1 aromatic carbocycles. The van der Waals surface area contributed by atoms with Gasteiger partial charge in [0.05, 0.1) is 13.0 Å². The van der Waals surface area contributed by atoms with E-state index < -0.39 is 6.10 Å². The number of nitrogens with zero attached hydrogens (tertiary/aromatic N) is 1. The first-order valence-corrected chi connectivity index (χ1v) is 9.73. The van der Waals surface area contributed by atoms with E-state index in [0.717, 1.165) is 36.6 Å². The number of anilines is 1. The molecule has 1 heterocycles. The molecule has 0 aromatic heterocycles. The fraction of sp³-hybridized carbons (Fsp3) is 0.474. The fourth-order valence-corrected chi connectivity index (χ4v) is 3.36. The van der Waals surface area contributed by atoms with E-state index in [1.165, 1.54) is 0 Å². The number of hydrogen-bond donors (Lipinski definition) is 1. The van der Waals surface area contributed by atoms with Crippen LogP contribution in [0.3, 0.4) is 0 Å². The molecule has 0 unspecified atom stereocenters. The van der Waals surface area contributed by atoms with Gasteiger partial charge in [-0.3, -0.25) is 9.59 Å². The third kappa shape index (κ3) is 6.55. The van der Waals surface area contributed by atoms with Crippen LogP contribution in [0.2, 0.25) is 0 Å². The van der Waals surface area contributed by atoms with E-state index in [1.54, 1.807) is 13.0 Å². The summed E-state index contributed by atoms with van der Waals surface area (Å²) in [6.45, 7) is 7.49. The van der Waals surface area contributed by atoms with Gasteiger partial charge in [-0.15, -0.1) is 6.58 Å². The molecule has 2 amide bonds. The smallest absolute Gasteiger partial charge is 0.253 e. The van der Waals surface area contributed by atoms with E-state index in [2.05, 4.69) is 11.9 Å². The molecule has 1 fully saturated rings.